The molecule has 0 saturated heterocycles. The van der Waals surface area contributed by atoms with Crippen LogP contribution in [0, 0.1) is 5.41 Å². The SMILES string of the molecule is C[C@@]1(C(=O)Nc2nncs2)Cc2sc(Br)cc2[C@@H]1c1ccccc1. The third-order valence-electron chi connectivity index (χ3n) is 4.52. The van der Waals surface area contributed by atoms with Gasteiger partial charge in [0.25, 0.3) is 0 Å². The average molecular weight is 420 g/mol. The number of hydrogen-bond acceptors (Lipinski definition) is 5. The van der Waals surface area contributed by atoms with Crippen LogP contribution in [-0.2, 0) is 11.2 Å². The maximum atomic E-state index is 13.1. The van der Waals surface area contributed by atoms with Gasteiger partial charge < -0.3 is 5.32 Å². The van der Waals surface area contributed by atoms with Crippen LogP contribution in [0.25, 0.3) is 0 Å². The van der Waals surface area contributed by atoms with Crippen molar-refractivity contribution in [3.05, 3.63) is 61.7 Å². The van der Waals surface area contributed by atoms with Crippen LogP contribution >= 0.6 is 38.6 Å². The predicted molar refractivity (Wildman–Crippen MR) is 101 cm³/mol. The first-order chi connectivity index (χ1) is 11.6. The number of hydrogen-bond donors (Lipinski definition) is 1. The summed E-state index contributed by atoms with van der Waals surface area (Å²) in [7, 11) is 0. The van der Waals surface area contributed by atoms with E-state index in [2.05, 4.69) is 49.6 Å². The van der Waals surface area contributed by atoms with Gasteiger partial charge in [0, 0.05) is 10.8 Å². The fourth-order valence-corrected chi connectivity index (χ4v) is 5.80. The molecule has 0 saturated carbocycles. The Morgan fingerprint density at radius 3 is 2.88 bits per heavy atom. The van der Waals surface area contributed by atoms with Gasteiger partial charge in [-0.05, 0) is 46.5 Å². The summed E-state index contributed by atoms with van der Waals surface area (Å²) in [6, 6.07) is 12.4. The highest BCUT2D eigenvalue weighted by molar-refractivity contribution is 9.11. The fourth-order valence-electron chi connectivity index (χ4n) is 3.44. The number of nitrogens with zero attached hydrogens (tertiary/aromatic N) is 2. The first kappa shape index (κ1) is 15.9. The van der Waals surface area contributed by atoms with Gasteiger partial charge >= 0.3 is 0 Å². The summed E-state index contributed by atoms with van der Waals surface area (Å²) in [5.74, 6) is 0.0248. The minimum Gasteiger partial charge on any atom is -0.300 e. The van der Waals surface area contributed by atoms with E-state index in [0.717, 1.165) is 15.8 Å². The summed E-state index contributed by atoms with van der Waals surface area (Å²) in [5, 5.41) is 11.2. The van der Waals surface area contributed by atoms with Crippen molar-refractivity contribution < 1.29 is 4.79 Å². The molecular weight excluding hydrogens is 406 g/mol. The molecule has 7 heteroatoms. The van der Waals surface area contributed by atoms with Gasteiger partial charge in [0.2, 0.25) is 11.0 Å². The van der Waals surface area contributed by atoms with Crippen molar-refractivity contribution in [1.29, 1.82) is 0 Å². The molecule has 1 amide bonds. The van der Waals surface area contributed by atoms with Crippen molar-refractivity contribution in [2.75, 3.05) is 5.32 Å². The van der Waals surface area contributed by atoms with E-state index in [1.807, 2.05) is 25.1 Å². The summed E-state index contributed by atoms with van der Waals surface area (Å²) in [6.45, 7) is 2.04. The number of benzene rings is 1. The zero-order valence-electron chi connectivity index (χ0n) is 12.8. The highest BCUT2D eigenvalue weighted by Gasteiger charge is 2.49. The largest absolute Gasteiger partial charge is 0.300 e. The van der Waals surface area contributed by atoms with Crippen LogP contribution in [0.3, 0.4) is 0 Å². The molecule has 2 atom stereocenters. The van der Waals surface area contributed by atoms with Gasteiger partial charge in [0.1, 0.15) is 5.51 Å². The smallest absolute Gasteiger partial charge is 0.233 e. The molecule has 4 rings (SSSR count). The number of aromatic nitrogens is 2. The van der Waals surface area contributed by atoms with Gasteiger partial charge in [-0.3, -0.25) is 4.79 Å². The predicted octanol–water partition coefficient (Wildman–Crippen LogP) is 4.70. The molecule has 2 heterocycles. The minimum atomic E-state index is -0.547. The van der Waals surface area contributed by atoms with E-state index in [0.29, 0.717) is 5.13 Å². The first-order valence-corrected chi connectivity index (χ1v) is 9.97. The van der Waals surface area contributed by atoms with E-state index < -0.39 is 5.41 Å². The first-order valence-electron chi connectivity index (χ1n) is 7.48. The van der Waals surface area contributed by atoms with Gasteiger partial charge in [0.05, 0.1) is 9.20 Å². The van der Waals surface area contributed by atoms with Gasteiger partial charge in [0.15, 0.2) is 0 Å². The van der Waals surface area contributed by atoms with Gasteiger partial charge in [-0.25, -0.2) is 0 Å². The van der Waals surface area contributed by atoms with Crippen molar-refractivity contribution in [2.45, 2.75) is 19.3 Å². The van der Waals surface area contributed by atoms with Crippen molar-refractivity contribution in [3.63, 3.8) is 0 Å². The monoisotopic (exact) mass is 419 g/mol. The summed E-state index contributed by atoms with van der Waals surface area (Å²) < 4.78 is 1.11. The van der Waals surface area contributed by atoms with Crippen molar-refractivity contribution in [2.24, 2.45) is 5.41 Å². The Morgan fingerprint density at radius 2 is 2.17 bits per heavy atom. The number of carbonyl (C=O) groups is 1. The Balaban J connectivity index is 1.76. The Morgan fingerprint density at radius 1 is 1.38 bits per heavy atom. The molecule has 1 N–H and O–H groups in total. The van der Waals surface area contributed by atoms with Gasteiger partial charge in [-0.15, -0.1) is 21.5 Å². The molecule has 0 aliphatic heterocycles. The van der Waals surface area contributed by atoms with E-state index in [-0.39, 0.29) is 11.8 Å². The van der Waals surface area contributed by atoms with Crippen molar-refractivity contribution in [1.82, 2.24) is 10.2 Å². The molecule has 1 aromatic carbocycles. The van der Waals surface area contributed by atoms with Crippen LogP contribution in [-0.4, -0.2) is 16.1 Å². The standard InChI is InChI=1S/C17H14BrN3OS2/c1-17(15(22)20-16-21-19-9-23-16)8-12-11(7-13(18)24-12)14(17)10-5-3-2-4-6-10/h2-7,9,14H,8H2,1H3,(H,20,21,22)/t14-,17+/m0/s1. The van der Waals surface area contributed by atoms with Crippen LogP contribution in [0.2, 0.25) is 0 Å². The number of thiophene rings is 1. The van der Waals surface area contributed by atoms with Crippen LogP contribution in [0.5, 0.6) is 0 Å². The topological polar surface area (TPSA) is 54.9 Å². The van der Waals surface area contributed by atoms with E-state index >= 15 is 0 Å². The second kappa shape index (κ2) is 6.06. The Hall–Kier alpha value is -1.57. The molecule has 0 unspecified atom stereocenters. The van der Waals surface area contributed by atoms with E-state index in [9.17, 15) is 4.79 Å². The second-order valence-electron chi connectivity index (χ2n) is 6.06. The Kier molecular flexibility index (Phi) is 4.02. The number of nitrogens with one attached hydrogen (secondary N) is 1. The molecule has 0 radical (unpaired) electrons. The lowest BCUT2D eigenvalue weighted by Gasteiger charge is -2.30. The number of fused-ring (bicyclic) bond motifs is 1. The summed E-state index contributed by atoms with van der Waals surface area (Å²) in [6.07, 6.45) is 0.725. The van der Waals surface area contributed by atoms with Crippen LogP contribution in [0.15, 0.2) is 45.7 Å². The minimum absolute atomic E-state index is 0.00683. The lowest BCUT2D eigenvalue weighted by Crippen LogP contribution is -2.37. The number of rotatable bonds is 3. The quantitative estimate of drug-likeness (QED) is 0.669. The average Bonchev–Trinajstić information content (AvgIpc) is 3.24. The van der Waals surface area contributed by atoms with Crippen molar-refractivity contribution in [3.8, 4) is 0 Å². The van der Waals surface area contributed by atoms with Crippen molar-refractivity contribution >= 4 is 49.6 Å². The third-order valence-corrected chi connectivity index (χ3v) is 6.78. The zero-order chi connectivity index (χ0) is 16.7. The molecule has 3 aromatic rings. The van der Waals surface area contributed by atoms with Crippen LogP contribution in [0.4, 0.5) is 5.13 Å². The third kappa shape index (κ3) is 2.60. The maximum Gasteiger partial charge on any atom is 0.233 e. The molecule has 2 aromatic heterocycles. The zero-order valence-corrected chi connectivity index (χ0v) is 16.0. The Labute approximate surface area is 156 Å². The molecule has 1 aliphatic carbocycles. The lowest BCUT2D eigenvalue weighted by molar-refractivity contribution is -0.125. The number of halogens is 1. The number of anilines is 1. The second-order valence-corrected chi connectivity index (χ2v) is 9.41. The van der Waals surface area contributed by atoms with Crippen LogP contribution in [0.1, 0.15) is 28.8 Å². The molecular formula is C17H14BrN3OS2. The molecule has 0 spiro atoms. The van der Waals surface area contributed by atoms with Crippen LogP contribution < -0.4 is 5.32 Å². The van der Waals surface area contributed by atoms with E-state index in [1.54, 1.807) is 16.8 Å². The highest BCUT2D eigenvalue weighted by Crippen LogP contribution is 2.54. The van der Waals surface area contributed by atoms with E-state index in [1.165, 1.54) is 21.8 Å². The van der Waals surface area contributed by atoms with Gasteiger partial charge in [-0.2, -0.15) is 0 Å². The summed E-state index contributed by atoms with van der Waals surface area (Å²) in [4.78, 5) is 14.4. The molecule has 122 valence electrons. The molecule has 4 nitrogen and oxygen atoms in total. The maximum absolute atomic E-state index is 13.1. The normalized spacial score (nSPS) is 22.3. The molecule has 24 heavy (non-hydrogen) atoms. The number of carbonyl (C=O) groups excluding carboxylic acids is 1. The fraction of sp³-hybridized carbons (Fsp3) is 0.235. The molecule has 1 aliphatic rings. The summed E-state index contributed by atoms with van der Waals surface area (Å²) >= 11 is 6.63. The van der Waals surface area contributed by atoms with E-state index in [4.69, 9.17) is 0 Å². The lowest BCUT2D eigenvalue weighted by atomic mass is 9.73. The summed E-state index contributed by atoms with van der Waals surface area (Å²) in [5.41, 5.74) is 3.48. The Bertz CT molecular complexity index is 879. The number of amides is 1. The van der Waals surface area contributed by atoms with Gasteiger partial charge in [-0.1, -0.05) is 41.7 Å². The molecule has 0 bridgehead atoms. The highest BCUT2D eigenvalue weighted by atomic mass is 79.9. The molecule has 0 fully saturated rings.